The van der Waals surface area contributed by atoms with Crippen LogP contribution in [0.2, 0.25) is 0 Å². The first-order valence-corrected chi connectivity index (χ1v) is 22.5. The molecule has 0 aromatic heterocycles. The van der Waals surface area contributed by atoms with Gasteiger partial charge in [0.1, 0.15) is 21.4 Å². The molecule has 0 saturated heterocycles. The first kappa shape index (κ1) is 52.6. The number of primary sulfonamides is 4. The summed E-state index contributed by atoms with van der Waals surface area (Å²) >= 11 is 10.9. The molecule has 0 atom stereocenters. The molecule has 4 rings (SSSR count). The third-order valence-electron chi connectivity index (χ3n) is 5.60. The van der Waals surface area contributed by atoms with Gasteiger partial charge in [0, 0.05) is 8.95 Å². The van der Waals surface area contributed by atoms with E-state index < -0.39 is 111 Å². The second-order valence-electron chi connectivity index (χ2n) is 9.83. The summed E-state index contributed by atoms with van der Waals surface area (Å²) in [5, 5.41) is 18.7. The molecule has 0 heterocycles. The third kappa shape index (κ3) is 17.0. The number of rotatable bonds is 5. The van der Waals surface area contributed by atoms with Crippen molar-refractivity contribution in [2.45, 2.75) is 32.1 Å². The molecule has 57 heavy (non-hydrogen) atoms. The van der Waals surface area contributed by atoms with Gasteiger partial charge in [-0.25, -0.2) is 71.8 Å². The molecule has 8 N–H and O–H groups in total. The van der Waals surface area contributed by atoms with Crippen LogP contribution in [0.5, 0.6) is 5.75 Å². The van der Waals surface area contributed by atoms with Gasteiger partial charge in [-0.3, -0.25) is 0 Å². The Balaban J connectivity index is 0.000000381. The molecule has 0 radical (unpaired) electrons. The Kier molecular flexibility index (Phi) is 18.2. The predicted molar refractivity (Wildman–Crippen MR) is 194 cm³/mol. The average molecular weight is 1170 g/mol. The Bertz CT molecular complexity index is 2560. The van der Waals surface area contributed by atoms with Crippen molar-refractivity contribution in [3.05, 3.63) is 107 Å². The number of hydrogen-bond donors (Lipinski definition) is 4. The molecule has 0 aliphatic rings. The zero-order chi connectivity index (χ0) is 44.9. The van der Waals surface area contributed by atoms with Crippen LogP contribution in [-0.4, -0.2) is 40.0 Å². The summed E-state index contributed by atoms with van der Waals surface area (Å²) in [5.41, 5.74) is -1.07. The number of benzene rings is 4. The summed E-state index contributed by atoms with van der Waals surface area (Å²) in [7, 11) is -16.7. The molecule has 4 aromatic rings. The fourth-order valence-corrected chi connectivity index (χ4v) is 6.90. The van der Waals surface area contributed by atoms with Crippen LogP contribution >= 0.6 is 63.7 Å². The lowest BCUT2D eigenvalue weighted by Crippen LogP contribution is -2.21. The second kappa shape index (κ2) is 19.7. The number of hydrogen-bond acceptors (Lipinski definition) is 9. The van der Waals surface area contributed by atoms with E-state index in [0.29, 0.717) is 18.2 Å². The number of alkyl halides is 6. The van der Waals surface area contributed by atoms with Crippen molar-refractivity contribution in [2.75, 3.05) is 0 Å². The second-order valence-corrected chi connectivity index (χ2v) is 19.4. The Labute approximate surface area is 349 Å². The zero-order valence-electron chi connectivity index (χ0n) is 26.7. The Hall–Kier alpha value is -2.46. The van der Waals surface area contributed by atoms with Crippen LogP contribution in [0.25, 0.3) is 0 Å². The minimum atomic E-state index is -4.99. The Morgan fingerprint density at radius 2 is 0.947 bits per heavy atom. The summed E-state index contributed by atoms with van der Waals surface area (Å²) < 4.78 is 213. The smallest absolute Gasteiger partial charge is 0.404 e. The van der Waals surface area contributed by atoms with E-state index in [2.05, 4.69) is 78.7 Å². The van der Waals surface area contributed by atoms with Gasteiger partial charge in [0.05, 0.1) is 24.3 Å². The normalized spacial score (nSPS) is 12.2. The molecule has 0 fully saturated rings. The van der Waals surface area contributed by atoms with Crippen LogP contribution in [0.3, 0.4) is 0 Å². The fraction of sp³-hybridized carbons (Fsp3) is 0.0769. The fourth-order valence-electron chi connectivity index (χ4n) is 3.24. The van der Waals surface area contributed by atoms with E-state index in [1.807, 2.05) is 0 Å². The van der Waals surface area contributed by atoms with E-state index in [1.54, 1.807) is 0 Å². The molecule has 31 heteroatoms. The van der Waals surface area contributed by atoms with E-state index in [0.717, 1.165) is 36.4 Å². The van der Waals surface area contributed by atoms with Gasteiger partial charge in [0.2, 0.25) is 40.1 Å². The summed E-state index contributed by atoms with van der Waals surface area (Å²) in [6.45, 7) is 0. The van der Waals surface area contributed by atoms with Crippen LogP contribution < -0.4 is 25.3 Å². The van der Waals surface area contributed by atoms with E-state index in [9.17, 15) is 77.6 Å². The maximum atomic E-state index is 12.9. The van der Waals surface area contributed by atoms with Crippen LogP contribution in [0.15, 0.2) is 98.1 Å². The van der Waals surface area contributed by atoms with Gasteiger partial charge in [-0.05, 0) is 92.5 Å². The van der Waals surface area contributed by atoms with E-state index in [-0.39, 0.29) is 13.4 Å². The van der Waals surface area contributed by atoms with Crippen molar-refractivity contribution < 1.29 is 82.3 Å². The maximum Gasteiger partial charge on any atom is 0.573 e. The lowest BCUT2D eigenvalue weighted by atomic mass is 10.2. The molecular formula is C26H18Br4F10N4O9S4. The molecule has 4 aromatic carbocycles. The molecule has 13 nitrogen and oxygen atoms in total. The highest BCUT2D eigenvalue weighted by atomic mass is 79.9. The van der Waals surface area contributed by atoms with Crippen LogP contribution in [-0.2, 0) is 46.3 Å². The van der Waals surface area contributed by atoms with Crippen LogP contribution in [0.4, 0.5) is 43.9 Å². The SMILES string of the molecule is NS(=O)(=O)c1cc(F)c(Br)c(F)c1.NS(=O)(=O)c1ccc(Br)c(C(F)(F)F)c1.NS(=O)(=O)c1ccc(Br)c(F)c1F.NS(=O)(=O)c1ccc(Br)cc1OC(F)(F)F. The number of sulfonamides is 4. The summed E-state index contributed by atoms with van der Waals surface area (Å²) in [6, 6.07) is 8.73. The highest BCUT2D eigenvalue weighted by molar-refractivity contribution is 9.11. The van der Waals surface area contributed by atoms with Crippen molar-refractivity contribution in [1.82, 2.24) is 0 Å². The van der Waals surface area contributed by atoms with Gasteiger partial charge >= 0.3 is 12.5 Å². The largest absolute Gasteiger partial charge is 0.573 e. The Morgan fingerprint density at radius 1 is 0.509 bits per heavy atom. The molecular weight excluding hydrogens is 1150 g/mol. The van der Waals surface area contributed by atoms with Crippen molar-refractivity contribution >= 4 is 104 Å². The summed E-state index contributed by atoms with van der Waals surface area (Å²) in [4.78, 5) is -2.75. The third-order valence-corrected chi connectivity index (χ3v) is 11.8. The standard InChI is InChI=1S/C7H5BrF3NO3S.C7H5BrF3NO2S.2C6H4BrF2NO2S/c8-4-1-2-6(16(12,13)14)5(3-4)15-7(9,10)11;8-6-2-1-4(15(12,13)14)3-5(6)7(9,10)11;7-6-4(8)1-3(2-5(6)9)13(10,11)12;7-3-1-2-4(13(10,11)12)6(9)5(3)8/h1-3H,(H2,12,13,14);1-3H,(H2,12,13,14);2*1-2H,(H2,10,11,12). The molecule has 0 unspecified atom stereocenters. The van der Waals surface area contributed by atoms with Crippen molar-refractivity contribution in [3.63, 3.8) is 0 Å². The number of halogens is 14. The molecule has 318 valence electrons. The van der Waals surface area contributed by atoms with Gasteiger partial charge in [-0.15, -0.1) is 13.2 Å². The average Bonchev–Trinajstić information content (AvgIpc) is 3.00. The van der Waals surface area contributed by atoms with Gasteiger partial charge in [-0.1, -0.05) is 31.9 Å². The monoisotopic (exact) mass is 1160 g/mol. The molecule has 0 aliphatic carbocycles. The summed E-state index contributed by atoms with van der Waals surface area (Å²) in [6.07, 6.45) is -9.61. The molecule has 0 spiro atoms. The van der Waals surface area contributed by atoms with Crippen LogP contribution in [0, 0.1) is 23.3 Å². The highest BCUT2D eigenvalue weighted by Crippen LogP contribution is 2.36. The van der Waals surface area contributed by atoms with E-state index in [4.69, 9.17) is 10.3 Å². The highest BCUT2D eigenvalue weighted by Gasteiger charge is 2.35. The lowest BCUT2D eigenvalue weighted by molar-refractivity contribution is -0.275. The quantitative estimate of drug-likeness (QED) is 0.120. The molecule has 0 saturated carbocycles. The zero-order valence-corrected chi connectivity index (χ0v) is 36.3. The van der Waals surface area contributed by atoms with Crippen molar-refractivity contribution in [1.29, 1.82) is 0 Å². The van der Waals surface area contributed by atoms with Gasteiger partial charge in [0.15, 0.2) is 17.4 Å². The summed E-state index contributed by atoms with van der Waals surface area (Å²) in [5.74, 6) is -5.64. The minimum Gasteiger partial charge on any atom is -0.404 e. The van der Waals surface area contributed by atoms with Crippen molar-refractivity contribution in [3.8, 4) is 5.75 Å². The van der Waals surface area contributed by atoms with Crippen molar-refractivity contribution in [2.24, 2.45) is 20.6 Å². The van der Waals surface area contributed by atoms with E-state index >= 15 is 0 Å². The molecule has 0 aliphatic heterocycles. The van der Waals surface area contributed by atoms with Gasteiger partial charge < -0.3 is 4.74 Å². The first-order valence-electron chi connectivity index (χ1n) is 13.2. The minimum absolute atomic E-state index is 0.155. The number of nitrogens with two attached hydrogens (primary N) is 4. The van der Waals surface area contributed by atoms with Crippen LogP contribution in [0.1, 0.15) is 5.56 Å². The number of ether oxygens (including phenoxy) is 1. The van der Waals surface area contributed by atoms with E-state index in [1.165, 1.54) is 6.07 Å². The van der Waals surface area contributed by atoms with Gasteiger partial charge in [-0.2, -0.15) is 13.2 Å². The van der Waals surface area contributed by atoms with Gasteiger partial charge in [0.25, 0.3) is 0 Å². The topological polar surface area (TPSA) is 250 Å². The molecule has 0 amide bonds. The lowest BCUT2D eigenvalue weighted by Gasteiger charge is -2.12. The first-order chi connectivity index (χ1) is 25.4. The predicted octanol–water partition coefficient (Wildman–Crippen LogP) is 6.86. The molecule has 0 bridgehead atoms. The maximum absolute atomic E-state index is 12.9. The Morgan fingerprint density at radius 3 is 1.35 bits per heavy atom.